The van der Waals surface area contributed by atoms with Crippen molar-refractivity contribution in [2.75, 3.05) is 44.2 Å². The number of carbonyl (C=O) groups is 1. The van der Waals surface area contributed by atoms with E-state index in [9.17, 15) is 4.79 Å². The molecular formula is C22H29N3OS. The number of anilines is 1. The fourth-order valence-electron chi connectivity index (χ4n) is 4.41. The number of amides is 1. The van der Waals surface area contributed by atoms with Gasteiger partial charge in [-0.05, 0) is 54.5 Å². The molecule has 2 aliphatic heterocycles. The molecule has 27 heavy (non-hydrogen) atoms. The van der Waals surface area contributed by atoms with Gasteiger partial charge in [-0.15, -0.1) is 11.3 Å². The van der Waals surface area contributed by atoms with Crippen molar-refractivity contribution < 1.29 is 4.79 Å². The maximum absolute atomic E-state index is 13.0. The van der Waals surface area contributed by atoms with Crippen LogP contribution in [0.2, 0.25) is 0 Å². The summed E-state index contributed by atoms with van der Waals surface area (Å²) in [5.74, 6) is 0.294. The first-order valence-electron chi connectivity index (χ1n) is 10.1. The zero-order valence-electron chi connectivity index (χ0n) is 16.4. The van der Waals surface area contributed by atoms with E-state index in [1.165, 1.54) is 21.7 Å². The molecule has 1 amide bonds. The highest BCUT2D eigenvalue weighted by Gasteiger charge is 2.31. The van der Waals surface area contributed by atoms with Crippen molar-refractivity contribution in [2.45, 2.75) is 32.7 Å². The van der Waals surface area contributed by atoms with Crippen LogP contribution in [-0.4, -0.2) is 55.0 Å². The summed E-state index contributed by atoms with van der Waals surface area (Å²) in [4.78, 5) is 21.4. The van der Waals surface area contributed by atoms with Gasteiger partial charge in [0.1, 0.15) is 0 Å². The van der Waals surface area contributed by atoms with Crippen LogP contribution in [0.25, 0.3) is 0 Å². The third-order valence-corrected chi connectivity index (χ3v) is 6.90. The van der Waals surface area contributed by atoms with Crippen molar-refractivity contribution in [1.29, 1.82) is 0 Å². The van der Waals surface area contributed by atoms with Gasteiger partial charge in [-0.2, -0.15) is 0 Å². The summed E-state index contributed by atoms with van der Waals surface area (Å²) < 4.78 is 0. The lowest BCUT2D eigenvalue weighted by atomic mass is 9.97. The Morgan fingerprint density at radius 1 is 1.15 bits per heavy atom. The van der Waals surface area contributed by atoms with Crippen LogP contribution in [-0.2, 0) is 11.2 Å². The molecule has 1 atom stereocenters. The summed E-state index contributed by atoms with van der Waals surface area (Å²) >= 11 is 1.84. The number of rotatable bonds is 4. The number of carbonyl (C=O) groups excluding carboxylic acids is 1. The second-order valence-electron chi connectivity index (χ2n) is 7.66. The molecule has 0 spiro atoms. The quantitative estimate of drug-likeness (QED) is 0.805. The lowest BCUT2D eigenvalue weighted by Crippen LogP contribution is -2.51. The second kappa shape index (κ2) is 8.03. The van der Waals surface area contributed by atoms with Gasteiger partial charge in [0, 0.05) is 43.3 Å². The van der Waals surface area contributed by atoms with E-state index in [2.05, 4.69) is 64.3 Å². The first-order valence-corrected chi connectivity index (χ1v) is 10.9. The molecule has 1 aromatic carbocycles. The van der Waals surface area contributed by atoms with Crippen LogP contribution in [0.5, 0.6) is 0 Å². The van der Waals surface area contributed by atoms with Gasteiger partial charge >= 0.3 is 0 Å². The molecule has 144 valence electrons. The fraction of sp³-hybridized carbons (Fsp3) is 0.500. The topological polar surface area (TPSA) is 26.8 Å². The third-order valence-electron chi connectivity index (χ3n) is 5.90. The molecule has 4 rings (SSSR count). The number of nitrogens with zero attached hydrogens (tertiary/aromatic N) is 3. The maximum atomic E-state index is 13.0. The van der Waals surface area contributed by atoms with E-state index < -0.39 is 0 Å². The zero-order chi connectivity index (χ0) is 18.8. The van der Waals surface area contributed by atoms with Crippen molar-refractivity contribution in [3.63, 3.8) is 0 Å². The summed E-state index contributed by atoms with van der Waals surface area (Å²) in [6.07, 6.45) is 2.01. The highest BCUT2D eigenvalue weighted by atomic mass is 32.1. The molecular weight excluding hydrogens is 354 g/mol. The van der Waals surface area contributed by atoms with Gasteiger partial charge in [0.25, 0.3) is 0 Å². The van der Waals surface area contributed by atoms with Crippen molar-refractivity contribution >= 4 is 22.9 Å². The predicted molar refractivity (Wildman–Crippen MR) is 113 cm³/mol. The highest BCUT2D eigenvalue weighted by Crippen LogP contribution is 2.35. The minimum absolute atomic E-state index is 0.265. The molecule has 1 aromatic heterocycles. The van der Waals surface area contributed by atoms with Crippen LogP contribution in [0.1, 0.15) is 35.4 Å². The highest BCUT2D eigenvalue weighted by molar-refractivity contribution is 7.10. The molecule has 5 heteroatoms. The van der Waals surface area contributed by atoms with Gasteiger partial charge in [0.2, 0.25) is 5.91 Å². The largest absolute Gasteiger partial charge is 0.369 e. The molecule has 0 aliphatic carbocycles. The molecule has 0 saturated carbocycles. The van der Waals surface area contributed by atoms with Crippen molar-refractivity contribution in [3.05, 3.63) is 51.7 Å². The minimum Gasteiger partial charge on any atom is -0.369 e. The molecule has 0 bridgehead atoms. The van der Waals surface area contributed by atoms with Crippen LogP contribution in [0.15, 0.2) is 35.7 Å². The number of hydrogen-bond donors (Lipinski definition) is 0. The fourth-order valence-corrected chi connectivity index (χ4v) is 5.33. The Kier molecular flexibility index (Phi) is 5.50. The van der Waals surface area contributed by atoms with Gasteiger partial charge in [-0.25, -0.2) is 0 Å². The van der Waals surface area contributed by atoms with Crippen molar-refractivity contribution in [1.82, 2.24) is 9.80 Å². The van der Waals surface area contributed by atoms with Crippen LogP contribution in [0.4, 0.5) is 5.69 Å². The SMILES string of the molecule is CCC1c2ccsc2CCN1C(=O)CN1CCN(c2cccc(C)c2)CC1. The average Bonchev–Trinajstić information content (AvgIpc) is 3.16. The van der Waals surface area contributed by atoms with E-state index in [4.69, 9.17) is 0 Å². The summed E-state index contributed by atoms with van der Waals surface area (Å²) in [6, 6.07) is 11.2. The summed E-state index contributed by atoms with van der Waals surface area (Å²) in [5, 5.41) is 2.17. The smallest absolute Gasteiger partial charge is 0.237 e. The van der Waals surface area contributed by atoms with Crippen LogP contribution in [0, 0.1) is 6.92 Å². The molecule has 0 N–H and O–H groups in total. The van der Waals surface area contributed by atoms with Crippen molar-refractivity contribution in [3.8, 4) is 0 Å². The first-order chi connectivity index (χ1) is 13.2. The van der Waals surface area contributed by atoms with E-state index in [0.717, 1.165) is 45.6 Å². The summed E-state index contributed by atoms with van der Waals surface area (Å²) in [6.45, 7) is 9.64. The molecule has 1 unspecified atom stereocenters. The molecule has 3 heterocycles. The lowest BCUT2D eigenvalue weighted by molar-refractivity contribution is -0.135. The number of benzene rings is 1. The second-order valence-corrected chi connectivity index (χ2v) is 8.66. The molecule has 1 fully saturated rings. The van der Waals surface area contributed by atoms with Crippen molar-refractivity contribution in [2.24, 2.45) is 0 Å². The molecule has 1 saturated heterocycles. The molecule has 4 nitrogen and oxygen atoms in total. The van der Waals surface area contributed by atoms with E-state index >= 15 is 0 Å². The Hall–Kier alpha value is -1.85. The Morgan fingerprint density at radius 2 is 1.96 bits per heavy atom. The number of piperazine rings is 1. The number of aryl methyl sites for hydroxylation is 1. The number of hydrogen-bond acceptors (Lipinski definition) is 4. The normalized spacial score (nSPS) is 20.6. The standard InChI is InChI=1S/C22H29N3OS/c1-3-20-19-8-14-27-21(19)7-9-25(20)22(26)16-23-10-12-24(13-11-23)18-6-4-5-17(2)15-18/h4-6,8,14-15,20H,3,7,9-13,16H2,1-2H3. The van der Waals surface area contributed by atoms with Gasteiger partial charge in [0.15, 0.2) is 0 Å². The van der Waals surface area contributed by atoms with E-state index in [-0.39, 0.29) is 6.04 Å². The van der Waals surface area contributed by atoms with Crippen LogP contribution < -0.4 is 4.90 Å². The Morgan fingerprint density at radius 3 is 2.70 bits per heavy atom. The van der Waals surface area contributed by atoms with E-state index in [1.807, 2.05) is 11.3 Å². The summed E-state index contributed by atoms with van der Waals surface area (Å²) in [5.41, 5.74) is 3.98. The molecule has 2 aliphatic rings. The molecule has 2 aromatic rings. The Balaban J connectivity index is 1.34. The average molecular weight is 384 g/mol. The Labute approximate surface area is 166 Å². The predicted octanol–water partition coefficient (Wildman–Crippen LogP) is 3.71. The van der Waals surface area contributed by atoms with E-state index in [0.29, 0.717) is 12.5 Å². The Bertz CT molecular complexity index is 794. The lowest BCUT2D eigenvalue weighted by Gasteiger charge is -2.39. The van der Waals surface area contributed by atoms with Crippen LogP contribution >= 0.6 is 11.3 Å². The monoisotopic (exact) mass is 383 g/mol. The van der Waals surface area contributed by atoms with Gasteiger partial charge in [0.05, 0.1) is 12.6 Å². The maximum Gasteiger partial charge on any atom is 0.237 e. The number of thiophene rings is 1. The zero-order valence-corrected chi connectivity index (χ0v) is 17.2. The van der Waals surface area contributed by atoms with E-state index in [1.54, 1.807) is 0 Å². The molecule has 0 radical (unpaired) electrons. The van der Waals surface area contributed by atoms with Gasteiger partial charge < -0.3 is 9.80 Å². The first kappa shape index (κ1) is 18.5. The van der Waals surface area contributed by atoms with Crippen LogP contribution in [0.3, 0.4) is 0 Å². The number of fused-ring (bicyclic) bond motifs is 1. The minimum atomic E-state index is 0.265. The van der Waals surface area contributed by atoms with Gasteiger partial charge in [-0.3, -0.25) is 9.69 Å². The van der Waals surface area contributed by atoms with Gasteiger partial charge in [-0.1, -0.05) is 19.1 Å². The third kappa shape index (κ3) is 3.90. The summed E-state index contributed by atoms with van der Waals surface area (Å²) in [7, 11) is 0.